The minimum atomic E-state index is -0.148. The summed E-state index contributed by atoms with van der Waals surface area (Å²) in [6.45, 7) is 4.11. The van der Waals surface area contributed by atoms with E-state index in [1.54, 1.807) is 10.9 Å². The smallest absolute Gasteiger partial charge is 0.316 e. The highest BCUT2D eigenvalue weighted by molar-refractivity contribution is 14.1. The second kappa shape index (κ2) is 11.7. The number of ether oxygens (including phenoxy) is 2. The number of halogens is 1. The average Bonchev–Trinajstić information content (AvgIpc) is 3.27. The van der Waals surface area contributed by atoms with Gasteiger partial charge in [-0.3, -0.25) is 4.79 Å². The van der Waals surface area contributed by atoms with Gasteiger partial charge in [0.2, 0.25) is 0 Å². The predicted octanol–water partition coefficient (Wildman–Crippen LogP) is 3.52. The molecule has 1 fully saturated rings. The summed E-state index contributed by atoms with van der Waals surface area (Å²) < 4.78 is 13.2. The van der Waals surface area contributed by atoms with Crippen molar-refractivity contribution in [3.05, 3.63) is 41.5 Å². The predicted molar refractivity (Wildman–Crippen MR) is 139 cm³/mol. The van der Waals surface area contributed by atoms with Gasteiger partial charge in [-0.05, 0) is 43.4 Å². The zero-order valence-electron chi connectivity index (χ0n) is 20.3. The molecule has 1 atom stereocenters. The lowest BCUT2D eigenvalue weighted by atomic mass is 9.94. The number of piperidine rings is 1. The fourth-order valence-corrected chi connectivity index (χ4v) is 4.76. The maximum atomic E-state index is 11.8. The van der Waals surface area contributed by atoms with E-state index in [4.69, 9.17) is 14.5 Å². The number of aromatic nitrogens is 6. The summed E-state index contributed by atoms with van der Waals surface area (Å²) in [5.74, 6) is 0.141. The Morgan fingerprint density at radius 3 is 2.89 bits per heavy atom. The molecule has 1 saturated heterocycles. The van der Waals surface area contributed by atoms with Crippen molar-refractivity contribution in [2.45, 2.75) is 43.6 Å². The van der Waals surface area contributed by atoms with Gasteiger partial charge >= 0.3 is 12.0 Å². The van der Waals surface area contributed by atoms with E-state index in [9.17, 15) is 4.79 Å². The van der Waals surface area contributed by atoms with E-state index < -0.39 is 0 Å². The van der Waals surface area contributed by atoms with Gasteiger partial charge in [0, 0.05) is 37.2 Å². The number of methoxy groups -OCH3 is 1. The largest absolute Gasteiger partial charge is 0.469 e. The van der Waals surface area contributed by atoms with Crippen LogP contribution in [0.5, 0.6) is 6.01 Å². The quantitative estimate of drug-likeness (QED) is 0.210. The van der Waals surface area contributed by atoms with Crippen LogP contribution in [0.25, 0.3) is 11.4 Å². The molecular formula is C24H30IN7O3. The van der Waals surface area contributed by atoms with E-state index in [2.05, 4.69) is 60.8 Å². The van der Waals surface area contributed by atoms with Crippen LogP contribution in [-0.4, -0.2) is 56.1 Å². The molecule has 3 aromatic heterocycles. The molecule has 1 aliphatic rings. The molecule has 0 saturated carbocycles. The zero-order valence-corrected chi connectivity index (χ0v) is 22.4. The molecule has 186 valence electrons. The molecule has 4 heterocycles. The highest BCUT2D eigenvalue weighted by Gasteiger charge is 2.25. The number of hydrogen-bond acceptors (Lipinski definition) is 9. The maximum Gasteiger partial charge on any atom is 0.316 e. The Bertz CT molecular complexity index is 1170. The average molecular weight is 591 g/mol. The molecule has 0 bridgehead atoms. The first kappa shape index (κ1) is 25.3. The van der Waals surface area contributed by atoms with Gasteiger partial charge in [-0.15, -0.1) is 5.10 Å². The van der Waals surface area contributed by atoms with Crippen molar-refractivity contribution >= 4 is 34.2 Å². The Morgan fingerprint density at radius 2 is 2.11 bits per heavy atom. The number of pyridine rings is 1. The van der Waals surface area contributed by atoms with Gasteiger partial charge in [0.05, 0.1) is 29.9 Å². The maximum absolute atomic E-state index is 11.8. The molecule has 10 nitrogen and oxygen atoms in total. The fourth-order valence-electron chi connectivity index (χ4n) is 4.33. The SMILES string of the molecule is CCc1nc(-c2nnn(C)c2COc2nccc(CI)n2)ccc1N1CCC[C@H](CC(=O)OC)C1. The normalized spacial score (nSPS) is 15.8. The minimum Gasteiger partial charge on any atom is -0.469 e. The highest BCUT2D eigenvalue weighted by Crippen LogP contribution is 2.30. The van der Waals surface area contributed by atoms with Crippen molar-refractivity contribution < 1.29 is 14.3 Å². The second-order valence-electron chi connectivity index (χ2n) is 8.51. The lowest BCUT2D eigenvalue weighted by Crippen LogP contribution is -2.37. The molecule has 4 rings (SSSR count). The number of carbonyl (C=O) groups is 1. The second-order valence-corrected chi connectivity index (χ2v) is 9.27. The third kappa shape index (κ3) is 6.06. The van der Waals surface area contributed by atoms with Crippen LogP contribution in [-0.2, 0) is 34.0 Å². The van der Waals surface area contributed by atoms with Crippen LogP contribution in [0.3, 0.4) is 0 Å². The van der Waals surface area contributed by atoms with Gasteiger partial charge in [0.15, 0.2) is 0 Å². The summed E-state index contributed by atoms with van der Waals surface area (Å²) in [6.07, 6.45) is 5.01. The van der Waals surface area contributed by atoms with Crippen molar-refractivity contribution in [2.24, 2.45) is 13.0 Å². The zero-order chi connectivity index (χ0) is 24.8. The summed E-state index contributed by atoms with van der Waals surface area (Å²) in [6, 6.07) is 6.29. The number of anilines is 1. The Kier molecular flexibility index (Phi) is 8.47. The Hall–Kier alpha value is -2.83. The van der Waals surface area contributed by atoms with Crippen molar-refractivity contribution in [3.63, 3.8) is 0 Å². The Labute approximate surface area is 218 Å². The van der Waals surface area contributed by atoms with Crippen LogP contribution in [0, 0.1) is 5.92 Å². The van der Waals surface area contributed by atoms with E-state index in [-0.39, 0.29) is 18.5 Å². The lowest BCUT2D eigenvalue weighted by molar-refractivity contribution is -0.141. The molecule has 0 amide bonds. The molecule has 0 spiro atoms. The fraction of sp³-hybridized carbons (Fsp3) is 0.500. The summed E-state index contributed by atoms with van der Waals surface area (Å²) in [7, 11) is 3.28. The lowest BCUT2D eigenvalue weighted by Gasteiger charge is -2.35. The minimum absolute atomic E-state index is 0.148. The molecule has 0 radical (unpaired) electrons. The highest BCUT2D eigenvalue weighted by atomic mass is 127. The van der Waals surface area contributed by atoms with Gasteiger partial charge in [-0.2, -0.15) is 4.98 Å². The van der Waals surface area contributed by atoms with Crippen LogP contribution in [0.4, 0.5) is 5.69 Å². The number of rotatable bonds is 9. The first-order chi connectivity index (χ1) is 17.0. The van der Waals surface area contributed by atoms with Crippen LogP contribution in [0.15, 0.2) is 24.4 Å². The van der Waals surface area contributed by atoms with Crippen LogP contribution >= 0.6 is 22.6 Å². The van der Waals surface area contributed by atoms with E-state index in [0.717, 1.165) is 65.2 Å². The third-order valence-electron chi connectivity index (χ3n) is 6.18. The monoisotopic (exact) mass is 591 g/mol. The van der Waals surface area contributed by atoms with Crippen molar-refractivity contribution in [2.75, 3.05) is 25.1 Å². The summed E-state index contributed by atoms with van der Waals surface area (Å²) in [4.78, 5) is 27.7. The standard InChI is InChI=1S/C24H30IN7O3/c1-4-18-20(32-11-5-6-16(14-32)12-22(33)34-3)8-7-19(28-18)23-21(31(2)30-29-23)15-35-24-26-10-9-17(13-25)27-24/h7-10,16H,4-6,11-15H2,1-3H3/t16-/m1/s1. The molecule has 0 aliphatic carbocycles. The number of nitrogens with zero attached hydrogens (tertiary/aromatic N) is 7. The number of alkyl halides is 1. The van der Waals surface area contributed by atoms with Crippen LogP contribution in [0.2, 0.25) is 0 Å². The Morgan fingerprint density at radius 1 is 1.26 bits per heavy atom. The Balaban J connectivity index is 1.54. The molecule has 0 unspecified atom stereocenters. The molecular weight excluding hydrogens is 561 g/mol. The van der Waals surface area contributed by atoms with Gasteiger partial charge in [-0.25, -0.2) is 14.6 Å². The number of esters is 1. The topological polar surface area (TPSA) is 108 Å². The van der Waals surface area contributed by atoms with E-state index in [1.807, 2.05) is 19.2 Å². The molecule has 0 N–H and O–H groups in total. The van der Waals surface area contributed by atoms with Crippen LogP contribution in [0.1, 0.15) is 43.3 Å². The number of hydrogen-bond donors (Lipinski definition) is 0. The van der Waals surface area contributed by atoms with Crippen LogP contribution < -0.4 is 9.64 Å². The van der Waals surface area contributed by atoms with Crippen molar-refractivity contribution in [3.8, 4) is 17.4 Å². The van der Waals surface area contributed by atoms with Gasteiger partial charge in [0.1, 0.15) is 18.0 Å². The van der Waals surface area contributed by atoms with E-state index >= 15 is 0 Å². The molecule has 3 aromatic rings. The third-order valence-corrected chi connectivity index (χ3v) is 6.96. The van der Waals surface area contributed by atoms with E-state index in [0.29, 0.717) is 18.1 Å². The number of aryl methyl sites for hydroxylation is 2. The van der Waals surface area contributed by atoms with Gasteiger partial charge in [0.25, 0.3) is 0 Å². The molecule has 0 aromatic carbocycles. The molecule has 35 heavy (non-hydrogen) atoms. The summed E-state index contributed by atoms with van der Waals surface area (Å²) in [5, 5.41) is 8.57. The first-order valence-electron chi connectivity index (χ1n) is 11.7. The van der Waals surface area contributed by atoms with E-state index in [1.165, 1.54) is 7.11 Å². The summed E-state index contributed by atoms with van der Waals surface area (Å²) in [5.41, 5.74) is 5.25. The van der Waals surface area contributed by atoms with Crippen molar-refractivity contribution in [1.82, 2.24) is 29.9 Å². The number of carbonyl (C=O) groups excluding carboxylic acids is 1. The van der Waals surface area contributed by atoms with Crippen molar-refractivity contribution in [1.29, 1.82) is 0 Å². The summed E-state index contributed by atoms with van der Waals surface area (Å²) >= 11 is 2.26. The van der Waals surface area contributed by atoms with Gasteiger partial charge < -0.3 is 14.4 Å². The molecule has 11 heteroatoms. The molecule has 1 aliphatic heterocycles. The van der Waals surface area contributed by atoms with Gasteiger partial charge in [-0.1, -0.05) is 34.7 Å². The first-order valence-corrected chi connectivity index (χ1v) is 13.3.